The molecule has 1 aliphatic heterocycles. The van der Waals surface area contributed by atoms with E-state index in [0.29, 0.717) is 25.8 Å². The van der Waals surface area contributed by atoms with Gasteiger partial charge in [-0.25, -0.2) is 0 Å². The van der Waals surface area contributed by atoms with Crippen LogP contribution < -0.4 is 0 Å². The van der Waals surface area contributed by atoms with Crippen molar-refractivity contribution in [3.8, 4) is 0 Å². The number of carbonyl (C=O) groups is 3. The molecule has 1 saturated heterocycles. The minimum atomic E-state index is -0.642. The fourth-order valence-electron chi connectivity index (χ4n) is 2.44. The third-order valence-corrected chi connectivity index (χ3v) is 4.35. The number of amides is 1. The number of hydrogen-bond donors (Lipinski definition) is 0. The molecule has 0 N–H and O–H groups in total. The van der Waals surface area contributed by atoms with Crippen molar-refractivity contribution in [2.24, 2.45) is 5.41 Å². The number of rotatable bonds is 7. The number of unbranched alkanes of at least 4 members (excludes halogenated alkanes) is 1. The van der Waals surface area contributed by atoms with Crippen LogP contribution in [0.2, 0.25) is 0 Å². The highest BCUT2D eigenvalue weighted by Crippen LogP contribution is 2.26. The summed E-state index contributed by atoms with van der Waals surface area (Å²) in [4.78, 5) is 38.3. The van der Waals surface area contributed by atoms with Gasteiger partial charge in [0.15, 0.2) is 5.78 Å². The van der Waals surface area contributed by atoms with Gasteiger partial charge in [0.1, 0.15) is 0 Å². The molecule has 1 rings (SSSR count). The smallest absolute Gasteiger partial charge is 0.291 e. The zero-order valence-electron chi connectivity index (χ0n) is 13.2. The van der Waals surface area contributed by atoms with E-state index in [4.69, 9.17) is 0 Å². The number of carbonyl (C=O) groups excluding carboxylic acids is 3. The summed E-state index contributed by atoms with van der Waals surface area (Å²) in [5, 5.41) is 0. The zero-order valence-corrected chi connectivity index (χ0v) is 13.2. The van der Waals surface area contributed by atoms with E-state index in [9.17, 15) is 14.4 Å². The molecule has 114 valence electrons. The Hall–Kier alpha value is -1.19. The third-order valence-electron chi connectivity index (χ3n) is 4.35. The van der Waals surface area contributed by atoms with Crippen LogP contribution in [0.5, 0.6) is 0 Å². The Morgan fingerprint density at radius 1 is 1.20 bits per heavy atom. The SMILES string of the molecule is CCCCC(=O)[C@@H]1CCCN1C(=O)C(=O)C(C)(C)CC. The lowest BCUT2D eigenvalue weighted by atomic mass is 9.84. The van der Waals surface area contributed by atoms with Gasteiger partial charge in [-0.05, 0) is 25.7 Å². The summed E-state index contributed by atoms with van der Waals surface area (Å²) < 4.78 is 0. The second-order valence-corrected chi connectivity index (χ2v) is 6.29. The summed E-state index contributed by atoms with van der Waals surface area (Å²) in [6.07, 6.45) is 4.47. The molecule has 0 radical (unpaired) electrons. The van der Waals surface area contributed by atoms with E-state index < -0.39 is 11.3 Å². The second-order valence-electron chi connectivity index (χ2n) is 6.29. The molecule has 1 amide bonds. The Morgan fingerprint density at radius 3 is 2.40 bits per heavy atom. The topological polar surface area (TPSA) is 54.5 Å². The molecule has 4 nitrogen and oxygen atoms in total. The van der Waals surface area contributed by atoms with Crippen LogP contribution in [-0.4, -0.2) is 35.0 Å². The van der Waals surface area contributed by atoms with E-state index in [1.54, 1.807) is 13.8 Å². The molecule has 1 atom stereocenters. The molecular formula is C16H27NO3. The van der Waals surface area contributed by atoms with Gasteiger partial charge in [0.05, 0.1) is 6.04 Å². The molecule has 0 aliphatic carbocycles. The van der Waals surface area contributed by atoms with Crippen molar-refractivity contribution in [2.75, 3.05) is 6.54 Å². The van der Waals surface area contributed by atoms with E-state index in [0.717, 1.165) is 19.3 Å². The van der Waals surface area contributed by atoms with Gasteiger partial charge in [-0.1, -0.05) is 34.1 Å². The minimum Gasteiger partial charge on any atom is -0.326 e. The lowest BCUT2D eigenvalue weighted by Crippen LogP contribution is -2.47. The van der Waals surface area contributed by atoms with E-state index >= 15 is 0 Å². The third kappa shape index (κ3) is 3.68. The molecule has 20 heavy (non-hydrogen) atoms. The summed E-state index contributed by atoms with van der Waals surface area (Å²) in [5.41, 5.74) is -0.642. The van der Waals surface area contributed by atoms with Crippen molar-refractivity contribution in [3.05, 3.63) is 0 Å². The first kappa shape index (κ1) is 16.9. The van der Waals surface area contributed by atoms with Crippen molar-refractivity contribution in [2.45, 2.75) is 72.3 Å². The van der Waals surface area contributed by atoms with Gasteiger partial charge < -0.3 is 4.90 Å². The highest BCUT2D eigenvalue weighted by Gasteiger charge is 2.40. The van der Waals surface area contributed by atoms with Crippen LogP contribution in [0.25, 0.3) is 0 Å². The molecule has 0 aromatic carbocycles. The first-order valence-electron chi connectivity index (χ1n) is 7.73. The predicted molar refractivity (Wildman–Crippen MR) is 78.3 cm³/mol. The molecular weight excluding hydrogens is 254 g/mol. The van der Waals surface area contributed by atoms with Crippen LogP contribution >= 0.6 is 0 Å². The van der Waals surface area contributed by atoms with E-state index in [1.807, 2.05) is 13.8 Å². The molecule has 0 spiro atoms. The Morgan fingerprint density at radius 2 is 1.85 bits per heavy atom. The number of Topliss-reactive ketones (excluding diaryl/α,β-unsaturated/α-hetero) is 2. The quantitative estimate of drug-likeness (QED) is 0.674. The molecule has 1 heterocycles. The van der Waals surface area contributed by atoms with Crippen LogP contribution in [0, 0.1) is 5.41 Å². The summed E-state index contributed by atoms with van der Waals surface area (Å²) in [5.74, 6) is -0.723. The fourth-order valence-corrected chi connectivity index (χ4v) is 2.44. The summed E-state index contributed by atoms with van der Waals surface area (Å²) in [6, 6.07) is -0.370. The van der Waals surface area contributed by atoms with Crippen LogP contribution in [0.3, 0.4) is 0 Å². The molecule has 4 heteroatoms. The van der Waals surface area contributed by atoms with Crippen molar-refractivity contribution >= 4 is 17.5 Å². The van der Waals surface area contributed by atoms with E-state index in [1.165, 1.54) is 4.90 Å². The van der Waals surface area contributed by atoms with Gasteiger partial charge in [0.25, 0.3) is 5.91 Å². The van der Waals surface area contributed by atoms with Crippen LogP contribution in [0.15, 0.2) is 0 Å². The molecule has 0 unspecified atom stereocenters. The molecule has 0 aromatic rings. The monoisotopic (exact) mass is 281 g/mol. The second kappa shape index (κ2) is 7.00. The first-order valence-corrected chi connectivity index (χ1v) is 7.73. The van der Waals surface area contributed by atoms with Gasteiger partial charge in [-0.2, -0.15) is 0 Å². The van der Waals surface area contributed by atoms with Crippen LogP contribution in [0.1, 0.15) is 66.2 Å². The predicted octanol–water partition coefficient (Wildman–Crippen LogP) is 2.74. The maximum Gasteiger partial charge on any atom is 0.291 e. The van der Waals surface area contributed by atoms with Crippen LogP contribution in [0.4, 0.5) is 0 Å². The number of hydrogen-bond acceptors (Lipinski definition) is 3. The summed E-state index contributed by atoms with van der Waals surface area (Å²) >= 11 is 0. The summed E-state index contributed by atoms with van der Waals surface area (Å²) in [6.45, 7) is 8.05. The Labute approximate surface area is 121 Å². The van der Waals surface area contributed by atoms with Gasteiger partial charge in [0.2, 0.25) is 5.78 Å². The van der Waals surface area contributed by atoms with Crippen molar-refractivity contribution < 1.29 is 14.4 Å². The highest BCUT2D eigenvalue weighted by molar-refractivity contribution is 6.38. The van der Waals surface area contributed by atoms with Crippen molar-refractivity contribution in [1.82, 2.24) is 4.90 Å². The maximum atomic E-state index is 12.4. The van der Waals surface area contributed by atoms with Crippen molar-refractivity contribution in [3.63, 3.8) is 0 Å². The first-order chi connectivity index (χ1) is 9.35. The maximum absolute atomic E-state index is 12.4. The Bertz CT molecular complexity index is 387. The van der Waals surface area contributed by atoms with Gasteiger partial charge in [-0.15, -0.1) is 0 Å². The lowest BCUT2D eigenvalue weighted by Gasteiger charge is -2.27. The highest BCUT2D eigenvalue weighted by atomic mass is 16.2. The number of likely N-dealkylation sites (tertiary alicyclic amines) is 1. The average molecular weight is 281 g/mol. The van der Waals surface area contributed by atoms with E-state index in [2.05, 4.69) is 0 Å². The molecule has 0 aromatic heterocycles. The minimum absolute atomic E-state index is 0.111. The van der Waals surface area contributed by atoms with Gasteiger partial charge in [0, 0.05) is 18.4 Å². The van der Waals surface area contributed by atoms with E-state index in [-0.39, 0.29) is 17.6 Å². The normalized spacial score (nSPS) is 19.2. The molecule has 1 fully saturated rings. The molecule has 0 bridgehead atoms. The standard InChI is InChI=1S/C16H27NO3/c1-5-7-10-13(18)12-9-8-11-17(12)15(20)14(19)16(3,4)6-2/h12H,5-11H2,1-4H3/t12-/m0/s1. The largest absolute Gasteiger partial charge is 0.326 e. The average Bonchev–Trinajstić information content (AvgIpc) is 2.92. The van der Waals surface area contributed by atoms with Gasteiger partial charge >= 0.3 is 0 Å². The van der Waals surface area contributed by atoms with Gasteiger partial charge in [-0.3, -0.25) is 14.4 Å². The molecule has 0 saturated carbocycles. The number of nitrogens with zero attached hydrogens (tertiary/aromatic N) is 1. The Balaban J connectivity index is 2.76. The Kier molecular flexibility index (Phi) is 5.90. The lowest BCUT2D eigenvalue weighted by molar-refractivity contribution is -0.151. The van der Waals surface area contributed by atoms with Crippen molar-refractivity contribution in [1.29, 1.82) is 0 Å². The summed E-state index contributed by atoms with van der Waals surface area (Å²) in [7, 11) is 0. The number of ketones is 2. The van der Waals surface area contributed by atoms with Crippen LogP contribution in [-0.2, 0) is 14.4 Å². The zero-order chi connectivity index (χ0) is 15.3. The fraction of sp³-hybridized carbons (Fsp3) is 0.812. The molecule has 1 aliphatic rings.